The summed E-state index contributed by atoms with van der Waals surface area (Å²) in [5.74, 6) is 2.96. The van der Waals surface area contributed by atoms with Crippen molar-refractivity contribution in [2.24, 2.45) is 11.7 Å². The second-order valence-corrected chi connectivity index (χ2v) is 5.12. The van der Waals surface area contributed by atoms with Crippen LogP contribution in [0.2, 0.25) is 0 Å². The molecule has 2 N–H and O–H groups in total. The highest BCUT2D eigenvalue weighted by Crippen LogP contribution is 2.28. The average Bonchev–Trinajstić information content (AvgIpc) is 2.62. The first-order valence-electron chi connectivity index (χ1n) is 6.35. The minimum absolute atomic E-state index is 0.539. The summed E-state index contributed by atoms with van der Waals surface area (Å²) in [6.45, 7) is 5.20. The fraction of sp³-hybridized carbons (Fsp3) is 0.833. The first-order chi connectivity index (χ1) is 7.72. The molecule has 0 aromatic carbocycles. The molecule has 1 unspecified atom stereocenters. The van der Waals surface area contributed by atoms with Gasteiger partial charge in [-0.2, -0.15) is 0 Å². The molecule has 1 aromatic heterocycles. The molecule has 1 aliphatic rings. The lowest BCUT2D eigenvalue weighted by molar-refractivity contribution is 0.364. The van der Waals surface area contributed by atoms with E-state index in [9.17, 15) is 0 Å². The predicted octanol–water partition coefficient (Wildman–Crippen LogP) is 1.70. The molecule has 0 amide bonds. The van der Waals surface area contributed by atoms with Gasteiger partial charge in [0.05, 0.1) is 0 Å². The van der Waals surface area contributed by atoms with Gasteiger partial charge in [-0.1, -0.05) is 13.8 Å². The van der Waals surface area contributed by atoms with Gasteiger partial charge in [-0.3, -0.25) is 0 Å². The molecule has 90 valence electrons. The zero-order valence-corrected chi connectivity index (χ0v) is 10.3. The largest absolute Gasteiger partial charge is 0.330 e. The van der Waals surface area contributed by atoms with Crippen LogP contribution in [0.4, 0.5) is 0 Å². The third kappa shape index (κ3) is 2.26. The smallest absolute Gasteiger partial charge is 0.133 e. The predicted molar refractivity (Wildman–Crippen MR) is 64.2 cm³/mol. The van der Waals surface area contributed by atoms with E-state index in [-0.39, 0.29) is 0 Å². The molecule has 1 aliphatic heterocycles. The Labute approximate surface area is 97.2 Å². The van der Waals surface area contributed by atoms with Crippen LogP contribution in [0, 0.1) is 5.92 Å². The maximum Gasteiger partial charge on any atom is 0.133 e. The number of fused-ring (bicyclic) bond motifs is 1. The number of rotatable bonds is 4. The molecular weight excluding hydrogens is 200 g/mol. The second kappa shape index (κ2) is 4.95. The second-order valence-electron chi connectivity index (χ2n) is 5.12. The van der Waals surface area contributed by atoms with Crippen LogP contribution in [0.3, 0.4) is 0 Å². The van der Waals surface area contributed by atoms with Gasteiger partial charge in [0.25, 0.3) is 0 Å². The van der Waals surface area contributed by atoms with Crippen LogP contribution < -0.4 is 5.73 Å². The van der Waals surface area contributed by atoms with Gasteiger partial charge in [0, 0.05) is 18.9 Å². The van der Waals surface area contributed by atoms with Crippen LogP contribution in [0.5, 0.6) is 0 Å². The van der Waals surface area contributed by atoms with Crippen LogP contribution in [0.1, 0.15) is 50.8 Å². The van der Waals surface area contributed by atoms with Crippen molar-refractivity contribution in [3.8, 4) is 0 Å². The Bertz CT molecular complexity index is 343. The highest BCUT2D eigenvalue weighted by Gasteiger charge is 2.24. The SMILES string of the molecule is CC(C)Cc1nnc2n1C(CCN)CCC2. The van der Waals surface area contributed by atoms with E-state index < -0.39 is 0 Å². The third-order valence-corrected chi connectivity index (χ3v) is 3.23. The molecule has 1 aromatic rings. The fourth-order valence-electron chi connectivity index (χ4n) is 2.55. The van der Waals surface area contributed by atoms with Crippen LogP contribution in [-0.4, -0.2) is 21.3 Å². The standard InChI is InChI=1S/C12H22N4/c1-9(2)8-12-15-14-11-5-3-4-10(6-7-13)16(11)12/h9-10H,3-8,13H2,1-2H3. The fourth-order valence-corrected chi connectivity index (χ4v) is 2.55. The Hall–Kier alpha value is -0.900. The molecule has 0 saturated heterocycles. The van der Waals surface area contributed by atoms with Crippen LogP contribution in [0.15, 0.2) is 0 Å². The normalized spacial score (nSPS) is 20.1. The molecule has 0 fully saturated rings. The van der Waals surface area contributed by atoms with Crippen molar-refractivity contribution in [2.75, 3.05) is 6.54 Å². The van der Waals surface area contributed by atoms with Gasteiger partial charge in [-0.25, -0.2) is 0 Å². The summed E-state index contributed by atoms with van der Waals surface area (Å²) >= 11 is 0. The van der Waals surface area contributed by atoms with Gasteiger partial charge in [0.2, 0.25) is 0 Å². The van der Waals surface area contributed by atoms with Crippen molar-refractivity contribution in [3.05, 3.63) is 11.6 Å². The van der Waals surface area contributed by atoms with Gasteiger partial charge in [-0.15, -0.1) is 10.2 Å². The van der Waals surface area contributed by atoms with Crippen molar-refractivity contribution in [1.82, 2.24) is 14.8 Å². The molecule has 2 rings (SSSR count). The Morgan fingerprint density at radius 2 is 2.25 bits per heavy atom. The Morgan fingerprint density at radius 3 is 2.94 bits per heavy atom. The molecule has 16 heavy (non-hydrogen) atoms. The van der Waals surface area contributed by atoms with Gasteiger partial charge in [0.15, 0.2) is 0 Å². The molecule has 0 saturated carbocycles. The number of aryl methyl sites for hydroxylation is 1. The summed E-state index contributed by atoms with van der Waals surface area (Å²) in [5.41, 5.74) is 5.68. The molecule has 4 heteroatoms. The average molecular weight is 222 g/mol. The van der Waals surface area contributed by atoms with Crippen molar-refractivity contribution >= 4 is 0 Å². The third-order valence-electron chi connectivity index (χ3n) is 3.23. The van der Waals surface area contributed by atoms with Gasteiger partial charge in [0.1, 0.15) is 11.6 Å². The van der Waals surface area contributed by atoms with Crippen molar-refractivity contribution < 1.29 is 0 Å². The summed E-state index contributed by atoms with van der Waals surface area (Å²) < 4.78 is 2.36. The lowest BCUT2D eigenvalue weighted by Gasteiger charge is -2.26. The quantitative estimate of drug-likeness (QED) is 0.843. The lowest BCUT2D eigenvalue weighted by atomic mass is 10.0. The summed E-state index contributed by atoms with van der Waals surface area (Å²) in [6.07, 6.45) is 5.61. The van der Waals surface area contributed by atoms with Crippen LogP contribution in [-0.2, 0) is 12.8 Å². The summed E-state index contributed by atoms with van der Waals surface area (Å²) in [6, 6.07) is 0.539. The van der Waals surface area contributed by atoms with Crippen LogP contribution in [0.25, 0.3) is 0 Å². The topological polar surface area (TPSA) is 56.7 Å². The molecule has 4 nitrogen and oxygen atoms in total. The number of nitrogens with two attached hydrogens (primary N) is 1. The maximum absolute atomic E-state index is 5.68. The van der Waals surface area contributed by atoms with E-state index in [1.54, 1.807) is 0 Å². The van der Waals surface area contributed by atoms with E-state index in [0.29, 0.717) is 12.0 Å². The monoisotopic (exact) mass is 222 g/mol. The first kappa shape index (κ1) is 11.6. The van der Waals surface area contributed by atoms with Crippen molar-refractivity contribution in [3.63, 3.8) is 0 Å². The zero-order valence-electron chi connectivity index (χ0n) is 10.3. The molecular formula is C12H22N4. The van der Waals surface area contributed by atoms with Gasteiger partial charge in [-0.05, 0) is 31.7 Å². The van der Waals surface area contributed by atoms with Gasteiger partial charge >= 0.3 is 0 Å². The zero-order chi connectivity index (χ0) is 11.5. The summed E-state index contributed by atoms with van der Waals surface area (Å²) in [7, 11) is 0. The number of hydrogen-bond acceptors (Lipinski definition) is 3. The van der Waals surface area contributed by atoms with Crippen molar-refractivity contribution in [1.29, 1.82) is 0 Å². The Kier molecular flexibility index (Phi) is 3.59. The van der Waals surface area contributed by atoms with Crippen LogP contribution >= 0.6 is 0 Å². The highest BCUT2D eigenvalue weighted by molar-refractivity contribution is 5.03. The van der Waals surface area contributed by atoms with Gasteiger partial charge < -0.3 is 10.3 Å². The van der Waals surface area contributed by atoms with E-state index in [1.807, 2.05) is 0 Å². The first-order valence-corrected chi connectivity index (χ1v) is 6.35. The van der Waals surface area contributed by atoms with E-state index in [2.05, 4.69) is 28.6 Å². The van der Waals surface area contributed by atoms with E-state index in [4.69, 9.17) is 5.73 Å². The molecule has 0 radical (unpaired) electrons. The maximum atomic E-state index is 5.68. The summed E-state index contributed by atoms with van der Waals surface area (Å²) in [4.78, 5) is 0. The molecule has 0 aliphatic carbocycles. The minimum atomic E-state index is 0.539. The van der Waals surface area contributed by atoms with Crippen molar-refractivity contribution in [2.45, 2.75) is 52.0 Å². The summed E-state index contributed by atoms with van der Waals surface area (Å²) in [5, 5.41) is 8.66. The Balaban J connectivity index is 2.24. The number of hydrogen-bond donors (Lipinski definition) is 1. The molecule has 0 bridgehead atoms. The van der Waals surface area contributed by atoms with E-state index in [1.165, 1.54) is 18.7 Å². The minimum Gasteiger partial charge on any atom is -0.330 e. The molecule has 0 spiro atoms. The molecule has 1 atom stereocenters. The highest BCUT2D eigenvalue weighted by atomic mass is 15.3. The van der Waals surface area contributed by atoms with E-state index in [0.717, 1.165) is 31.6 Å². The lowest BCUT2D eigenvalue weighted by Crippen LogP contribution is -2.23. The number of aromatic nitrogens is 3. The number of nitrogens with zero attached hydrogens (tertiary/aromatic N) is 3. The Morgan fingerprint density at radius 1 is 1.44 bits per heavy atom. The van der Waals surface area contributed by atoms with E-state index >= 15 is 0 Å². The molecule has 2 heterocycles.